The van der Waals surface area contributed by atoms with Crippen LogP contribution in [-0.4, -0.2) is 24.4 Å². The molecule has 0 saturated carbocycles. The highest BCUT2D eigenvalue weighted by molar-refractivity contribution is 5.30. The van der Waals surface area contributed by atoms with Crippen molar-refractivity contribution in [3.63, 3.8) is 0 Å². The zero-order valence-electron chi connectivity index (χ0n) is 10.7. The Morgan fingerprint density at radius 2 is 1.94 bits per heavy atom. The van der Waals surface area contributed by atoms with Gasteiger partial charge in [0.25, 0.3) is 0 Å². The molecule has 0 radical (unpaired) electrons. The lowest BCUT2D eigenvalue weighted by atomic mass is 9.92. The maximum absolute atomic E-state index is 10.2. The van der Waals surface area contributed by atoms with Crippen LogP contribution in [0.15, 0.2) is 18.2 Å². The van der Waals surface area contributed by atoms with Gasteiger partial charge >= 0.3 is 0 Å². The summed E-state index contributed by atoms with van der Waals surface area (Å²) < 4.78 is 5.00. The van der Waals surface area contributed by atoms with Crippen molar-refractivity contribution < 1.29 is 9.84 Å². The van der Waals surface area contributed by atoms with Crippen LogP contribution in [0.3, 0.4) is 0 Å². The Hall–Kier alpha value is -0.860. The normalized spacial score (nSPS) is 14.8. The van der Waals surface area contributed by atoms with Gasteiger partial charge in [-0.2, -0.15) is 0 Å². The molecule has 0 aliphatic carbocycles. The summed E-state index contributed by atoms with van der Waals surface area (Å²) >= 11 is 0. The summed E-state index contributed by atoms with van der Waals surface area (Å²) in [6, 6.07) is 6.34. The number of methoxy groups -OCH3 is 1. The van der Waals surface area contributed by atoms with E-state index in [0.717, 1.165) is 0 Å². The van der Waals surface area contributed by atoms with Crippen LogP contribution in [0, 0.1) is 13.8 Å². The van der Waals surface area contributed by atoms with Gasteiger partial charge in [-0.3, -0.25) is 0 Å². The fraction of sp³-hybridized carbons (Fsp3) is 0.571. The molecule has 0 heterocycles. The molecule has 0 bridgehead atoms. The van der Waals surface area contributed by atoms with Crippen molar-refractivity contribution >= 4 is 0 Å². The van der Waals surface area contributed by atoms with Crippen molar-refractivity contribution in [2.24, 2.45) is 0 Å². The van der Waals surface area contributed by atoms with Crippen LogP contribution >= 0.6 is 0 Å². The van der Waals surface area contributed by atoms with E-state index in [1.54, 1.807) is 7.11 Å². The topological polar surface area (TPSA) is 29.5 Å². The Balaban J connectivity index is 2.68. The van der Waals surface area contributed by atoms with E-state index in [9.17, 15) is 5.11 Å². The zero-order valence-corrected chi connectivity index (χ0v) is 10.7. The second kappa shape index (κ2) is 5.46. The quantitative estimate of drug-likeness (QED) is 0.830. The van der Waals surface area contributed by atoms with Crippen molar-refractivity contribution in [1.82, 2.24) is 0 Å². The Bertz CT molecular complexity index is 343. The summed E-state index contributed by atoms with van der Waals surface area (Å²) in [4.78, 5) is 0. The molecule has 0 saturated heterocycles. The minimum atomic E-state index is -0.683. The minimum absolute atomic E-state index is 0.595. The van der Waals surface area contributed by atoms with Gasteiger partial charge in [-0.1, -0.05) is 18.2 Å². The van der Waals surface area contributed by atoms with E-state index in [1.165, 1.54) is 16.7 Å². The number of ether oxygens (including phenoxy) is 1. The van der Waals surface area contributed by atoms with E-state index >= 15 is 0 Å². The molecule has 0 aliphatic rings. The third-order valence-corrected chi connectivity index (χ3v) is 3.00. The van der Waals surface area contributed by atoms with Gasteiger partial charge in [-0.25, -0.2) is 0 Å². The van der Waals surface area contributed by atoms with E-state index < -0.39 is 5.60 Å². The fourth-order valence-corrected chi connectivity index (χ4v) is 1.76. The van der Waals surface area contributed by atoms with Crippen molar-refractivity contribution in [3.8, 4) is 0 Å². The Labute approximate surface area is 98.3 Å². The minimum Gasteiger partial charge on any atom is -0.390 e. The van der Waals surface area contributed by atoms with E-state index in [2.05, 4.69) is 32.0 Å². The highest BCUT2D eigenvalue weighted by Gasteiger charge is 2.20. The number of hydrogen-bond acceptors (Lipinski definition) is 2. The van der Waals surface area contributed by atoms with E-state index in [0.29, 0.717) is 19.4 Å². The molecule has 90 valence electrons. The molecule has 0 amide bonds. The predicted octanol–water partition coefficient (Wildman–Crippen LogP) is 2.63. The van der Waals surface area contributed by atoms with Gasteiger partial charge < -0.3 is 9.84 Å². The third kappa shape index (κ3) is 3.95. The van der Waals surface area contributed by atoms with Crippen molar-refractivity contribution in [1.29, 1.82) is 0 Å². The second-order valence-electron chi connectivity index (χ2n) is 4.84. The number of hydrogen-bond donors (Lipinski definition) is 1. The molecule has 0 aromatic heterocycles. The summed E-state index contributed by atoms with van der Waals surface area (Å²) in [5, 5.41) is 10.2. The molecule has 2 nitrogen and oxygen atoms in total. The highest BCUT2D eigenvalue weighted by atomic mass is 16.5. The van der Waals surface area contributed by atoms with Gasteiger partial charge in [-0.05, 0) is 43.9 Å². The van der Waals surface area contributed by atoms with Crippen molar-refractivity contribution in [2.75, 3.05) is 13.7 Å². The lowest BCUT2D eigenvalue weighted by Gasteiger charge is -2.23. The van der Waals surface area contributed by atoms with Gasteiger partial charge in [0, 0.05) is 20.1 Å². The summed E-state index contributed by atoms with van der Waals surface area (Å²) in [5.41, 5.74) is 3.07. The largest absolute Gasteiger partial charge is 0.390 e. The Kier molecular flexibility index (Phi) is 4.51. The van der Waals surface area contributed by atoms with Gasteiger partial charge in [0.1, 0.15) is 0 Å². The second-order valence-corrected chi connectivity index (χ2v) is 4.84. The van der Waals surface area contributed by atoms with Crippen molar-refractivity contribution in [3.05, 3.63) is 34.9 Å². The molecular formula is C14H22O2. The first kappa shape index (κ1) is 13.2. The predicted molar refractivity (Wildman–Crippen MR) is 66.7 cm³/mol. The number of aliphatic hydroxyl groups is 1. The van der Waals surface area contributed by atoms with Crippen LogP contribution in [0.25, 0.3) is 0 Å². The fourth-order valence-electron chi connectivity index (χ4n) is 1.76. The van der Waals surface area contributed by atoms with Crippen LogP contribution in [0.5, 0.6) is 0 Å². The van der Waals surface area contributed by atoms with Crippen molar-refractivity contribution in [2.45, 2.75) is 39.2 Å². The molecular weight excluding hydrogens is 200 g/mol. The average Bonchev–Trinajstić information content (AvgIpc) is 2.20. The first-order chi connectivity index (χ1) is 7.44. The number of rotatable bonds is 5. The molecule has 16 heavy (non-hydrogen) atoms. The SMILES string of the molecule is COCCC(C)(O)Cc1ccc(C)c(C)c1. The summed E-state index contributed by atoms with van der Waals surface area (Å²) in [6.45, 7) is 6.66. The third-order valence-electron chi connectivity index (χ3n) is 3.00. The molecule has 1 N–H and O–H groups in total. The van der Waals surface area contributed by atoms with Crippen LogP contribution in [0.4, 0.5) is 0 Å². The molecule has 0 fully saturated rings. The maximum atomic E-state index is 10.2. The van der Waals surface area contributed by atoms with Gasteiger partial charge in [-0.15, -0.1) is 0 Å². The lowest BCUT2D eigenvalue weighted by Crippen LogP contribution is -2.28. The molecule has 1 unspecified atom stereocenters. The van der Waals surface area contributed by atoms with E-state index in [-0.39, 0.29) is 0 Å². The van der Waals surface area contributed by atoms with Crippen LogP contribution in [-0.2, 0) is 11.2 Å². The highest BCUT2D eigenvalue weighted by Crippen LogP contribution is 2.19. The first-order valence-electron chi connectivity index (χ1n) is 5.72. The monoisotopic (exact) mass is 222 g/mol. The zero-order chi connectivity index (χ0) is 12.2. The summed E-state index contributed by atoms with van der Waals surface area (Å²) in [6.07, 6.45) is 1.34. The van der Waals surface area contributed by atoms with Crippen LogP contribution < -0.4 is 0 Å². The molecule has 0 spiro atoms. The average molecular weight is 222 g/mol. The van der Waals surface area contributed by atoms with Gasteiger partial charge in [0.05, 0.1) is 5.60 Å². The van der Waals surface area contributed by atoms with E-state index in [4.69, 9.17) is 4.74 Å². The van der Waals surface area contributed by atoms with Crippen LogP contribution in [0.2, 0.25) is 0 Å². The van der Waals surface area contributed by atoms with Crippen LogP contribution in [0.1, 0.15) is 30.0 Å². The molecule has 1 aromatic rings. The number of benzene rings is 1. The Morgan fingerprint density at radius 1 is 1.25 bits per heavy atom. The lowest BCUT2D eigenvalue weighted by molar-refractivity contribution is 0.0249. The summed E-state index contributed by atoms with van der Waals surface area (Å²) in [7, 11) is 1.66. The van der Waals surface area contributed by atoms with Gasteiger partial charge in [0.15, 0.2) is 0 Å². The Morgan fingerprint density at radius 3 is 2.50 bits per heavy atom. The summed E-state index contributed by atoms with van der Waals surface area (Å²) in [5.74, 6) is 0. The number of aryl methyl sites for hydroxylation is 2. The standard InChI is InChI=1S/C14H22O2/c1-11-5-6-13(9-12(11)2)10-14(3,15)7-8-16-4/h5-6,9,15H,7-8,10H2,1-4H3. The maximum Gasteiger partial charge on any atom is 0.0681 e. The molecule has 1 aromatic carbocycles. The van der Waals surface area contributed by atoms with E-state index in [1.807, 2.05) is 6.92 Å². The molecule has 0 aliphatic heterocycles. The molecule has 1 rings (SSSR count). The smallest absolute Gasteiger partial charge is 0.0681 e. The van der Waals surface area contributed by atoms with Gasteiger partial charge in [0.2, 0.25) is 0 Å². The molecule has 2 heteroatoms. The molecule has 1 atom stereocenters. The first-order valence-corrected chi connectivity index (χ1v) is 5.72.